The largest absolute Gasteiger partial charge is 0.465 e. The lowest BCUT2D eigenvalue weighted by Crippen LogP contribution is -2.61. The van der Waals surface area contributed by atoms with Gasteiger partial charge < -0.3 is 24.6 Å². The number of carbonyl (C=O) groups is 2. The summed E-state index contributed by atoms with van der Waals surface area (Å²) in [5.41, 5.74) is 2.78. The summed E-state index contributed by atoms with van der Waals surface area (Å²) in [6.45, 7) is 18.1. The number of pyridine rings is 1. The van der Waals surface area contributed by atoms with Crippen molar-refractivity contribution in [2.75, 3.05) is 69.8 Å². The summed E-state index contributed by atoms with van der Waals surface area (Å²) in [7, 11) is 1.38. The monoisotopic (exact) mass is 621 g/mol. The van der Waals surface area contributed by atoms with Crippen LogP contribution in [-0.2, 0) is 9.47 Å². The summed E-state index contributed by atoms with van der Waals surface area (Å²) in [6, 6.07) is 1.93. The standard InChI is InChI=1S/C34H51N7O4/c1-23(2)29-30(36-21-34(11-9-8-10-12-34)40-15-17-45-18-16-40)35-20-26(38-29)31(42)41-14-13-39(22-33(41,5)6)27-19-24(3)28(25(4)37-27)32(43)44-7/h19-20,23H,8-18,21-22H2,1-7H3,(H,35,36). The zero-order valence-corrected chi connectivity index (χ0v) is 28.2. The van der Waals surface area contributed by atoms with Crippen molar-refractivity contribution in [3.8, 4) is 0 Å². The van der Waals surface area contributed by atoms with E-state index in [4.69, 9.17) is 24.4 Å². The molecule has 0 unspecified atom stereocenters. The second kappa shape index (κ2) is 13.6. The van der Waals surface area contributed by atoms with Crippen LogP contribution in [0.15, 0.2) is 12.3 Å². The molecule has 1 N–H and O–H groups in total. The molecule has 2 aromatic heterocycles. The molecule has 5 rings (SSSR count). The fraction of sp³-hybridized carbons (Fsp3) is 0.676. The third-order valence-electron chi connectivity index (χ3n) is 9.86. The van der Waals surface area contributed by atoms with E-state index in [1.54, 1.807) is 6.20 Å². The summed E-state index contributed by atoms with van der Waals surface area (Å²) in [5.74, 6) is 1.18. The molecule has 1 aliphatic carbocycles. The highest BCUT2D eigenvalue weighted by atomic mass is 16.5. The number of esters is 1. The number of anilines is 2. The summed E-state index contributed by atoms with van der Waals surface area (Å²) in [4.78, 5) is 47.4. The second-order valence-electron chi connectivity index (χ2n) is 13.8. The van der Waals surface area contributed by atoms with Gasteiger partial charge in [0.25, 0.3) is 5.91 Å². The van der Waals surface area contributed by atoms with Crippen molar-refractivity contribution in [3.05, 3.63) is 40.5 Å². The molecular weight excluding hydrogens is 570 g/mol. The summed E-state index contributed by atoms with van der Waals surface area (Å²) in [5, 5.41) is 3.69. The topological polar surface area (TPSA) is 113 Å². The molecule has 0 atom stereocenters. The molecule has 11 heteroatoms. The fourth-order valence-corrected chi connectivity index (χ4v) is 7.39. The zero-order valence-electron chi connectivity index (χ0n) is 28.2. The van der Waals surface area contributed by atoms with Gasteiger partial charge in [-0.2, -0.15) is 0 Å². The summed E-state index contributed by atoms with van der Waals surface area (Å²) in [6.07, 6.45) is 7.76. The van der Waals surface area contributed by atoms with E-state index in [0.717, 1.165) is 55.7 Å². The number of rotatable bonds is 8. The molecular formula is C34H51N7O4. The number of nitrogens with one attached hydrogen (secondary N) is 1. The Bertz CT molecular complexity index is 1360. The van der Waals surface area contributed by atoms with Crippen molar-refractivity contribution in [3.63, 3.8) is 0 Å². The fourth-order valence-electron chi connectivity index (χ4n) is 7.39. The van der Waals surface area contributed by atoms with Gasteiger partial charge in [0.2, 0.25) is 0 Å². The first kappa shape index (κ1) is 33.1. The predicted molar refractivity (Wildman–Crippen MR) is 175 cm³/mol. The number of methoxy groups -OCH3 is 1. The molecule has 0 spiro atoms. The summed E-state index contributed by atoms with van der Waals surface area (Å²) >= 11 is 0. The van der Waals surface area contributed by atoms with E-state index in [9.17, 15) is 9.59 Å². The highest BCUT2D eigenvalue weighted by molar-refractivity contribution is 5.93. The Labute approximate surface area is 268 Å². The van der Waals surface area contributed by atoms with E-state index >= 15 is 0 Å². The molecule has 3 aliphatic rings. The molecule has 4 heterocycles. The number of aryl methyl sites for hydroxylation is 2. The van der Waals surface area contributed by atoms with E-state index < -0.39 is 5.54 Å². The molecule has 2 aliphatic heterocycles. The first-order valence-corrected chi connectivity index (χ1v) is 16.5. The van der Waals surface area contributed by atoms with E-state index in [-0.39, 0.29) is 23.3 Å². The third-order valence-corrected chi connectivity index (χ3v) is 9.86. The maximum absolute atomic E-state index is 14.0. The SMILES string of the molecule is COC(=O)c1c(C)cc(N2CCN(C(=O)c3cnc(NCC4(N5CCOCC5)CCCCC4)c(C(C)C)n3)C(C)(C)C2)nc1C. The predicted octanol–water partition coefficient (Wildman–Crippen LogP) is 4.59. The van der Waals surface area contributed by atoms with Gasteiger partial charge in [-0.05, 0) is 58.1 Å². The van der Waals surface area contributed by atoms with E-state index in [2.05, 4.69) is 42.8 Å². The number of carbonyl (C=O) groups excluding carboxylic acids is 2. The van der Waals surface area contributed by atoms with Crippen LogP contribution in [0, 0.1) is 13.8 Å². The Hall–Kier alpha value is -3.31. The first-order chi connectivity index (χ1) is 21.5. The molecule has 246 valence electrons. The molecule has 2 aromatic rings. The second-order valence-corrected chi connectivity index (χ2v) is 13.8. The normalized spacial score (nSPS) is 20.3. The number of amides is 1. The van der Waals surface area contributed by atoms with Crippen molar-refractivity contribution in [2.24, 2.45) is 0 Å². The molecule has 2 saturated heterocycles. The molecule has 0 radical (unpaired) electrons. The van der Waals surface area contributed by atoms with Crippen LogP contribution in [0.1, 0.15) is 104 Å². The zero-order chi connectivity index (χ0) is 32.4. The molecule has 45 heavy (non-hydrogen) atoms. The Morgan fingerprint density at radius 2 is 1.76 bits per heavy atom. The Kier molecular flexibility index (Phi) is 9.98. The first-order valence-electron chi connectivity index (χ1n) is 16.5. The molecule has 0 bridgehead atoms. The van der Waals surface area contributed by atoms with Gasteiger partial charge in [0.15, 0.2) is 0 Å². The average Bonchev–Trinajstić information content (AvgIpc) is 3.03. The minimum atomic E-state index is -0.484. The van der Waals surface area contributed by atoms with Gasteiger partial charge in [0, 0.05) is 44.8 Å². The van der Waals surface area contributed by atoms with Crippen molar-refractivity contribution in [1.82, 2.24) is 24.8 Å². The quantitative estimate of drug-likeness (QED) is 0.420. The lowest BCUT2D eigenvalue weighted by Gasteiger charge is -2.48. The molecule has 1 saturated carbocycles. The number of aromatic nitrogens is 3. The van der Waals surface area contributed by atoms with Crippen molar-refractivity contribution in [1.29, 1.82) is 0 Å². The van der Waals surface area contributed by atoms with Gasteiger partial charge >= 0.3 is 5.97 Å². The Morgan fingerprint density at radius 3 is 2.38 bits per heavy atom. The molecule has 1 amide bonds. The van der Waals surface area contributed by atoms with Crippen LogP contribution in [0.5, 0.6) is 0 Å². The number of morpholine rings is 1. The minimum Gasteiger partial charge on any atom is -0.465 e. The maximum Gasteiger partial charge on any atom is 0.339 e. The van der Waals surface area contributed by atoms with Gasteiger partial charge in [0.1, 0.15) is 17.3 Å². The van der Waals surface area contributed by atoms with E-state index in [1.165, 1.54) is 39.2 Å². The van der Waals surface area contributed by atoms with Gasteiger partial charge in [0.05, 0.1) is 49.0 Å². The molecule has 0 aromatic carbocycles. The molecule has 11 nitrogen and oxygen atoms in total. The summed E-state index contributed by atoms with van der Waals surface area (Å²) < 4.78 is 10.6. The van der Waals surface area contributed by atoms with Crippen LogP contribution in [0.3, 0.4) is 0 Å². The lowest BCUT2D eigenvalue weighted by molar-refractivity contribution is -0.0318. The van der Waals surface area contributed by atoms with Crippen LogP contribution in [0.4, 0.5) is 11.6 Å². The number of ether oxygens (including phenoxy) is 2. The highest BCUT2D eigenvalue weighted by Gasteiger charge is 2.40. The van der Waals surface area contributed by atoms with E-state index in [1.807, 2.05) is 24.8 Å². The van der Waals surface area contributed by atoms with Crippen LogP contribution >= 0.6 is 0 Å². The van der Waals surface area contributed by atoms with Crippen LogP contribution in [-0.4, -0.2) is 107 Å². The number of piperazine rings is 1. The number of nitrogens with zero attached hydrogens (tertiary/aromatic N) is 6. The van der Waals surface area contributed by atoms with Crippen LogP contribution < -0.4 is 10.2 Å². The van der Waals surface area contributed by atoms with Gasteiger partial charge in [-0.15, -0.1) is 0 Å². The van der Waals surface area contributed by atoms with Gasteiger partial charge in [-0.1, -0.05) is 33.1 Å². The minimum absolute atomic E-state index is 0.0989. The van der Waals surface area contributed by atoms with Gasteiger partial charge in [-0.25, -0.2) is 19.7 Å². The van der Waals surface area contributed by atoms with Crippen LogP contribution in [0.2, 0.25) is 0 Å². The van der Waals surface area contributed by atoms with Gasteiger partial charge in [-0.3, -0.25) is 9.69 Å². The van der Waals surface area contributed by atoms with E-state index in [0.29, 0.717) is 36.6 Å². The Morgan fingerprint density at radius 1 is 1.04 bits per heavy atom. The Balaban J connectivity index is 1.31. The third kappa shape index (κ3) is 6.94. The van der Waals surface area contributed by atoms with Crippen molar-refractivity contribution >= 4 is 23.5 Å². The van der Waals surface area contributed by atoms with Crippen LogP contribution in [0.25, 0.3) is 0 Å². The molecule has 3 fully saturated rings. The van der Waals surface area contributed by atoms with Crippen molar-refractivity contribution in [2.45, 2.75) is 90.6 Å². The maximum atomic E-state index is 14.0. The highest BCUT2D eigenvalue weighted by Crippen LogP contribution is 2.35. The lowest BCUT2D eigenvalue weighted by atomic mass is 9.79. The smallest absolute Gasteiger partial charge is 0.339 e. The number of hydrogen-bond acceptors (Lipinski definition) is 10. The average molecular weight is 622 g/mol. The van der Waals surface area contributed by atoms with Crippen molar-refractivity contribution < 1.29 is 19.1 Å². The number of hydrogen-bond donors (Lipinski definition) is 1.